The summed E-state index contributed by atoms with van der Waals surface area (Å²) in [6, 6.07) is 25.2. The van der Waals surface area contributed by atoms with Gasteiger partial charge in [0.05, 0.1) is 22.8 Å². The van der Waals surface area contributed by atoms with Crippen molar-refractivity contribution in [2.45, 2.75) is 50.6 Å². The number of fused-ring (bicyclic) bond motifs is 1. The number of aryl methyl sites for hydroxylation is 1. The number of amides is 3. The third kappa shape index (κ3) is 8.54. The lowest BCUT2D eigenvalue weighted by Crippen LogP contribution is -2.62. The fourth-order valence-electron chi connectivity index (χ4n) is 6.95. The van der Waals surface area contributed by atoms with Crippen LogP contribution in [-0.2, 0) is 27.2 Å². The third-order valence-corrected chi connectivity index (χ3v) is 10.6. The van der Waals surface area contributed by atoms with Crippen molar-refractivity contribution in [3.63, 3.8) is 0 Å². The lowest BCUT2D eigenvalue weighted by Gasteiger charge is -2.40. The molecule has 2 aliphatic rings. The molecule has 2 saturated heterocycles. The van der Waals surface area contributed by atoms with Gasteiger partial charge in [-0.05, 0) is 61.3 Å². The summed E-state index contributed by atoms with van der Waals surface area (Å²) in [6.07, 6.45) is 3.73. The van der Waals surface area contributed by atoms with E-state index in [9.17, 15) is 19.2 Å². The number of nitrogens with one attached hydrogen (secondary N) is 2. The molecule has 0 aliphatic carbocycles. The smallest absolute Gasteiger partial charge is 0.246 e. The lowest BCUT2D eigenvalue weighted by atomic mass is 9.90. The molecule has 11 nitrogen and oxygen atoms in total. The number of carbonyl (C=O) groups excluding carboxylic acids is 4. The number of carbonyl (C=O) groups is 4. The van der Waals surface area contributed by atoms with Gasteiger partial charge in [0, 0.05) is 26.1 Å². The van der Waals surface area contributed by atoms with Crippen LogP contribution in [0.5, 0.6) is 0 Å². The fraction of sp³-hybridized carbons (Fsp3) is 0.368. The maximum Gasteiger partial charge on any atom is 0.246 e. The van der Waals surface area contributed by atoms with Gasteiger partial charge in [-0.15, -0.1) is 11.3 Å². The van der Waals surface area contributed by atoms with E-state index in [2.05, 4.69) is 10.3 Å². The van der Waals surface area contributed by atoms with E-state index in [-0.39, 0.29) is 49.0 Å². The van der Waals surface area contributed by atoms with Crippen molar-refractivity contribution in [2.24, 2.45) is 11.7 Å². The molecular formula is C38H43N7O4S. The predicted molar refractivity (Wildman–Crippen MR) is 194 cm³/mol. The molecule has 4 N–H and O–H groups in total. The van der Waals surface area contributed by atoms with Crippen LogP contribution < -0.4 is 11.1 Å². The average Bonchev–Trinajstić information content (AvgIpc) is 3.57. The number of likely N-dealkylation sites (tertiary alicyclic amines) is 1. The Hall–Kier alpha value is -5.10. The molecule has 3 atom stereocenters. The monoisotopic (exact) mass is 693 g/mol. The Labute approximate surface area is 296 Å². The third-order valence-electron chi connectivity index (χ3n) is 9.53. The molecule has 3 heterocycles. The van der Waals surface area contributed by atoms with Crippen LogP contribution >= 0.6 is 11.3 Å². The van der Waals surface area contributed by atoms with Crippen molar-refractivity contribution in [1.82, 2.24) is 25.0 Å². The lowest BCUT2D eigenvalue weighted by molar-refractivity contribution is -0.157. The minimum atomic E-state index is -0.905. The van der Waals surface area contributed by atoms with E-state index in [1.165, 1.54) is 21.8 Å². The highest BCUT2D eigenvalue weighted by Gasteiger charge is 2.40. The van der Waals surface area contributed by atoms with Gasteiger partial charge in [-0.25, -0.2) is 4.98 Å². The second-order valence-corrected chi connectivity index (χ2v) is 14.2. The largest absolute Gasteiger partial charge is 0.370 e. The number of thiazole rings is 1. The minimum Gasteiger partial charge on any atom is -0.370 e. The van der Waals surface area contributed by atoms with E-state index >= 15 is 0 Å². The molecule has 1 aromatic heterocycles. The quantitative estimate of drug-likeness (QED) is 0.109. The fourth-order valence-corrected chi connectivity index (χ4v) is 7.91. The van der Waals surface area contributed by atoms with Gasteiger partial charge in [-0.1, -0.05) is 72.8 Å². The van der Waals surface area contributed by atoms with Gasteiger partial charge in [-0.2, -0.15) is 0 Å². The van der Waals surface area contributed by atoms with Gasteiger partial charge in [0.2, 0.25) is 23.5 Å². The Bertz CT molecular complexity index is 1800. The summed E-state index contributed by atoms with van der Waals surface area (Å²) in [5.41, 5.74) is 8.55. The zero-order chi connectivity index (χ0) is 35.0. The predicted octanol–water partition coefficient (Wildman–Crippen LogP) is 3.87. The normalized spacial score (nSPS) is 18.7. The number of Topliss-reactive ketones (excluding diaryl/α,β-unsaturated/α-hetero) is 1. The number of nitrogens with zero attached hydrogens (tertiary/aromatic N) is 4. The maximum absolute atomic E-state index is 14.0. The molecule has 4 aromatic rings. The number of guanidine groups is 1. The number of para-hydroxylation sites is 1. The Balaban J connectivity index is 1.19. The number of hydrogen-bond donors (Lipinski definition) is 3. The Morgan fingerprint density at radius 2 is 1.68 bits per heavy atom. The Morgan fingerprint density at radius 3 is 2.40 bits per heavy atom. The summed E-state index contributed by atoms with van der Waals surface area (Å²) in [7, 11) is 0. The molecule has 2 aliphatic heterocycles. The van der Waals surface area contributed by atoms with E-state index in [0.717, 1.165) is 29.5 Å². The highest BCUT2D eigenvalue weighted by atomic mass is 32.1. The zero-order valence-corrected chi connectivity index (χ0v) is 28.8. The van der Waals surface area contributed by atoms with E-state index in [4.69, 9.17) is 11.1 Å². The van der Waals surface area contributed by atoms with E-state index < -0.39 is 18.0 Å². The first-order chi connectivity index (χ1) is 24.2. The van der Waals surface area contributed by atoms with Gasteiger partial charge in [-0.3, -0.25) is 24.6 Å². The van der Waals surface area contributed by atoms with Crippen molar-refractivity contribution >= 4 is 51.0 Å². The SMILES string of the molecule is N=C(N)N1CCC[C@@H](C[C@H](NC(=O)CN2C(=O)CN(CCCc3ccccc3)C(=O)[C@H]2Cc2ccccc2)C(=O)c2nc3ccccc3s2)C1. The van der Waals surface area contributed by atoms with Crippen LogP contribution in [0.4, 0.5) is 0 Å². The summed E-state index contributed by atoms with van der Waals surface area (Å²) < 4.78 is 0.871. The van der Waals surface area contributed by atoms with Crippen LogP contribution in [0.2, 0.25) is 0 Å². The second kappa shape index (κ2) is 16.1. The van der Waals surface area contributed by atoms with Crippen LogP contribution in [0, 0.1) is 11.3 Å². The molecule has 12 heteroatoms. The van der Waals surface area contributed by atoms with Crippen LogP contribution in [-0.4, -0.2) is 94.0 Å². The summed E-state index contributed by atoms with van der Waals surface area (Å²) in [5.74, 6) is -1.32. The Kier molecular flexibility index (Phi) is 11.2. The summed E-state index contributed by atoms with van der Waals surface area (Å²) in [5, 5.41) is 11.2. The van der Waals surface area contributed by atoms with Crippen LogP contribution in [0.1, 0.15) is 46.6 Å². The molecule has 0 spiro atoms. The van der Waals surface area contributed by atoms with Crippen molar-refractivity contribution < 1.29 is 19.2 Å². The maximum atomic E-state index is 14.0. The molecule has 6 rings (SSSR count). The van der Waals surface area contributed by atoms with Crippen molar-refractivity contribution in [2.75, 3.05) is 32.7 Å². The van der Waals surface area contributed by atoms with E-state index in [1.54, 1.807) is 9.80 Å². The highest BCUT2D eigenvalue weighted by Crippen LogP contribution is 2.27. The molecule has 0 unspecified atom stereocenters. The topological polar surface area (TPSA) is 153 Å². The van der Waals surface area contributed by atoms with Gasteiger partial charge >= 0.3 is 0 Å². The molecular weight excluding hydrogens is 651 g/mol. The number of benzene rings is 3. The standard InChI is InChI=1S/C38H43N7O4S/c39-38(40)44-20-10-16-28(23-44)21-30(35(48)36-42-29-17-7-8-18-32(29)50-36)41-33(46)24-45-31(22-27-13-5-2-6-14-27)37(49)43(25-34(45)47)19-9-15-26-11-3-1-4-12-26/h1-8,11-14,17-18,28,30-31H,9-10,15-16,19-25H2,(H3,39,40)(H,41,46)/t28-,30-,31+/m0/s1. The zero-order valence-electron chi connectivity index (χ0n) is 28.0. The van der Waals surface area contributed by atoms with Gasteiger partial charge in [0.25, 0.3) is 0 Å². The van der Waals surface area contributed by atoms with Gasteiger partial charge in [0.15, 0.2) is 11.0 Å². The molecule has 0 radical (unpaired) electrons. The highest BCUT2D eigenvalue weighted by molar-refractivity contribution is 7.20. The number of rotatable bonds is 13. The summed E-state index contributed by atoms with van der Waals surface area (Å²) in [6.45, 7) is 1.15. The molecule has 3 aromatic carbocycles. The first kappa shape index (κ1) is 34.8. The van der Waals surface area contributed by atoms with Crippen LogP contribution in [0.3, 0.4) is 0 Å². The van der Waals surface area contributed by atoms with Crippen molar-refractivity contribution in [3.8, 4) is 0 Å². The van der Waals surface area contributed by atoms with Crippen molar-refractivity contribution in [3.05, 3.63) is 101 Å². The molecule has 50 heavy (non-hydrogen) atoms. The number of piperidine rings is 1. The molecule has 0 saturated carbocycles. The van der Waals surface area contributed by atoms with Gasteiger partial charge < -0.3 is 25.8 Å². The van der Waals surface area contributed by atoms with Crippen LogP contribution in [0.25, 0.3) is 10.2 Å². The number of piperazine rings is 1. The van der Waals surface area contributed by atoms with E-state index in [1.807, 2.05) is 84.9 Å². The molecule has 260 valence electrons. The molecule has 2 fully saturated rings. The number of nitrogens with two attached hydrogens (primary N) is 1. The Morgan fingerprint density at radius 1 is 0.980 bits per heavy atom. The van der Waals surface area contributed by atoms with Gasteiger partial charge in [0.1, 0.15) is 12.6 Å². The van der Waals surface area contributed by atoms with Crippen molar-refractivity contribution in [1.29, 1.82) is 5.41 Å². The average molecular weight is 694 g/mol. The first-order valence-corrected chi connectivity index (χ1v) is 18.0. The summed E-state index contributed by atoms with van der Waals surface area (Å²) >= 11 is 1.28. The second-order valence-electron chi connectivity index (χ2n) is 13.1. The number of ketones is 1. The minimum absolute atomic E-state index is 0.00440. The molecule has 3 amide bonds. The number of aromatic nitrogens is 1. The molecule has 0 bridgehead atoms. The van der Waals surface area contributed by atoms with Crippen LogP contribution in [0.15, 0.2) is 84.9 Å². The first-order valence-electron chi connectivity index (χ1n) is 17.2. The summed E-state index contributed by atoms with van der Waals surface area (Å²) in [4.78, 5) is 64.9. The van der Waals surface area contributed by atoms with E-state index in [0.29, 0.717) is 43.0 Å². The number of hydrogen-bond acceptors (Lipinski definition) is 7.